The SMILES string of the molecule is O=C(Nc1ccccc1Cn1cccn1)C1CCCNC1. The molecule has 5 heteroatoms. The summed E-state index contributed by atoms with van der Waals surface area (Å²) in [4.78, 5) is 12.3. The predicted molar refractivity (Wildman–Crippen MR) is 82.0 cm³/mol. The average Bonchev–Trinajstić information content (AvgIpc) is 3.03. The number of benzene rings is 1. The summed E-state index contributed by atoms with van der Waals surface area (Å²) in [5, 5.41) is 10.6. The Hall–Kier alpha value is -2.14. The van der Waals surface area contributed by atoms with E-state index in [0.29, 0.717) is 6.54 Å². The van der Waals surface area contributed by atoms with Crippen LogP contribution in [-0.4, -0.2) is 28.8 Å². The van der Waals surface area contributed by atoms with Gasteiger partial charge in [-0.15, -0.1) is 0 Å². The van der Waals surface area contributed by atoms with E-state index >= 15 is 0 Å². The molecule has 1 unspecified atom stereocenters. The van der Waals surface area contributed by atoms with Gasteiger partial charge >= 0.3 is 0 Å². The Morgan fingerprint density at radius 1 is 1.38 bits per heavy atom. The van der Waals surface area contributed by atoms with Crippen molar-refractivity contribution >= 4 is 11.6 Å². The molecule has 0 aliphatic carbocycles. The molecule has 110 valence electrons. The molecule has 1 fully saturated rings. The minimum Gasteiger partial charge on any atom is -0.325 e. The molecule has 3 rings (SSSR count). The predicted octanol–water partition coefficient (Wildman–Crippen LogP) is 1.87. The summed E-state index contributed by atoms with van der Waals surface area (Å²) < 4.78 is 1.85. The van der Waals surface area contributed by atoms with Crippen LogP contribution in [0.15, 0.2) is 42.7 Å². The summed E-state index contributed by atoms with van der Waals surface area (Å²) in [7, 11) is 0. The third-order valence-corrected chi connectivity index (χ3v) is 3.83. The summed E-state index contributed by atoms with van der Waals surface area (Å²) >= 11 is 0. The highest BCUT2D eigenvalue weighted by Crippen LogP contribution is 2.19. The van der Waals surface area contributed by atoms with Crippen LogP contribution < -0.4 is 10.6 Å². The third kappa shape index (κ3) is 3.49. The van der Waals surface area contributed by atoms with E-state index in [1.54, 1.807) is 6.20 Å². The van der Waals surface area contributed by atoms with E-state index in [1.807, 2.05) is 41.2 Å². The van der Waals surface area contributed by atoms with Crippen LogP contribution in [0.5, 0.6) is 0 Å². The van der Waals surface area contributed by atoms with Gasteiger partial charge in [-0.05, 0) is 37.1 Å². The number of aromatic nitrogens is 2. The number of hydrogen-bond acceptors (Lipinski definition) is 3. The lowest BCUT2D eigenvalue weighted by molar-refractivity contribution is -0.120. The van der Waals surface area contributed by atoms with Crippen molar-refractivity contribution in [1.82, 2.24) is 15.1 Å². The monoisotopic (exact) mass is 284 g/mol. The lowest BCUT2D eigenvalue weighted by Gasteiger charge is -2.22. The molecule has 0 radical (unpaired) electrons. The van der Waals surface area contributed by atoms with Crippen molar-refractivity contribution in [3.05, 3.63) is 48.3 Å². The second-order valence-corrected chi connectivity index (χ2v) is 5.39. The van der Waals surface area contributed by atoms with Gasteiger partial charge in [0.25, 0.3) is 0 Å². The van der Waals surface area contributed by atoms with Gasteiger partial charge < -0.3 is 10.6 Å². The van der Waals surface area contributed by atoms with Crippen LogP contribution in [-0.2, 0) is 11.3 Å². The molecule has 1 amide bonds. The Morgan fingerprint density at radius 2 is 2.29 bits per heavy atom. The van der Waals surface area contributed by atoms with E-state index in [4.69, 9.17) is 0 Å². The number of para-hydroxylation sites is 1. The molecule has 1 atom stereocenters. The van der Waals surface area contributed by atoms with Gasteiger partial charge in [0.1, 0.15) is 0 Å². The zero-order valence-electron chi connectivity index (χ0n) is 12.0. The Bertz CT molecular complexity index is 588. The quantitative estimate of drug-likeness (QED) is 0.901. The van der Waals surface area contributed by atoms with Crippen molar-refractivity contribution in [2.45, 2.75) is 19.4 Å². The highest BCUT2D eigenvalue weighted by molar-refractivity contribution is 5.93. The van der Waals surface area contributed by atoms with Crippen molar-refractivity contribution in [3.8, 4) is 0 Å². The number of rotatable bonds is 4. The number of nitrogens with zero attached hydrogens (tertiary/aromatic N) is 2. The number of carbonyl (C=O) groups excluding carboxylic acids is 1. The minimum atomic E-state index is 0.0662. The number of amides is 1. The summed E-state index contributed by atoms with van der Waals surface area (Å²) in [6.45, 7) is 2.44. The Morgan fingerprint density at radius 3 is 3.05 bits per heavy atom. The van der Waals surface area contributed by atoms with Crippen molar-refractivity contribution in [3.63, 3.8) is 0 Å². The first-order chi connectivity index (χ1) is 10.3. The van der Waals surface area contributed by atoms with Crippen LogP contribution >= 0.6 is 0 Å². The summed E-state index contributed by atoms with van der Waals surface area (Å²) in [6, 6.07) is 9.80. The molecule has 0 spiro atoms. The Labute approximate surface area is 124 Å². The standard InChI is InChI=1S/C16H20N4O/c21-16(13-6-3-8-17-11-13)19-15-7-2-1-5-14(15)12-20-10-4-9-18-20/h1-2,4-5,7,9-10,13,17H,3,6,8,11-12H2,(H,19,21). The Kier molecular flexibility index (Phi) is 4.31. The normalized spacial score (nSPS) is 18.4. The van der Waals surface area contributed by atoms with E-state index in [1.165, 1.54) is 0 Å². The Balaban J connectivity index is 1.71. The lowest BCUT2D eigenvalue weighted by Crippen LogP contribution is -2.37. The maximum Gasteiger partial charge on any atom is 0.228 e. The highest BCUT2D eigenvalue weighted by Gasteiger charge is 2.21. The first-order valence-corrected chi connectivity index (χ1v) is 7.40. The number of hydrogen-bond donors (Lipinski definition) is 2. The van der Waals surface area contributed by atoms with Crippen LogP contribution in [0.25, 0.3) is 0 Å². The van der Waals surface area contributed by atoms with E-state index in [-0.39, 0.29) is 11.8 Å². The molecule has 5 nitrogen and oxygen atoms in total. The van der Waals surface area contributed by atoms with E-state index in [0.717, 1.165) is 37.2 Å². The molecular formula is C16H20N4O. The van der Waals surface area contributed by atoms with Gasteiger partial charge in [-0.2, -0.15) is 5.10 Å². The van der Waals surface area contributed by atoms with Gasteiger partial charge in [-0.1, -0.05) is 18.2 Å². The van der Waals surface area contributed by atoms with Crippen molar-refractivity contribution in [2.24, 2.45) is 5.92 Å². The number of anilines is 1. The van der Waals surface area contributed by atoms with Gasteiger partial charge in [-0.25, -0.2) is 0 Å². The molecule has 1 aromatic carbocycles. The highest BCUT2D eigenvalue weighted by atomic mass is 16.1. The van der Waals surface area contributed by atoms with Gasteiger partial charge in [0.05, 0.1) is 12.5 Å². The zero-order chi connectivity index (χ0) is 14.5. The van der Waals surface area contributed by atoms with E-state index < -0.39 is 0 Å². The molecule has 1 aliphatic rings. The molecule has 0 saturated carbocycles. The molecule has 0 bridgehead atoms. The number of piperidine rings is 1. The molecule has 2 N–H and O–H groups in total. The van der Waals surface area contributed by atoms with Crippen molar-refractivity contribution in [1.29, 1.82) is 0 Å². The second kappa shape index (κ2) is 6.54. The second-order valence-electron chi connectivity index (χ2n) is 5.39. The van der Waals surface area contributed by atoms with Crippen LogP contribution in [0.3, 0.4) is 0 Å². The first kappa shape index (κ1) is 13.8. The van der Waals surface area contributed by atoms with Crippen LogP contribution in [0.2, 0.25) is 0 Å². The molecule has 1 aliphatic heterocycles. The van der Waals surface area contributed by atoms with Crippen LogP contribution in [0.4, 0.5) is 5.69 Å². The van der Waals surface area contributed by atoms with Gasteiger partial charge in [-0.3, -0.25) is 9.48 Å². The molecule has 1 saturated heterocycles. The van der Waals surface area contributed by atoms with Gasteiger partial charge in [0.2, 0.25) is 5.91 Å². The summed E-state index contributed by atoms with van der Waals surface area (Å²) in [5.41, 5.74) is 1.95. The third-order valence-electron chi connectivity index (χ3n) is 3.83. The smallest absolute Gasteiger partial charge is 0.228 e. The fraction of sp³-hybridized carbons (Fsp3) is 0.375. The summed E-state index contributed by atoms with van der Waals surface area (Å²) in [6.07, 6.45) is 5.70. The average molecular weight is 284 g/mol. The zero-order valence-corrected chi connectivity index (χ0v) is 12.0. The van der Waals surface area contributed by atoms with E-state index in [2.05, 4.69) is 15.7 Å². The van der Waals surface area contributed by atoms with E-state index in [9.17, 15) is 4.79 Å². The first-order valence-electron chi connectivity index (χ1n) is 7.40. The van der Waals surface area contributed by atoms with Crippen molar-refractivity contribution < 1.29 is 4.79 Å². The van der Waals surface area contributed by atoms with Gasteiger partial charge in [0, 0.05) is 24.6 Å². The fourth-order valence-corrected chi connectivity index (χ4v) is 2.66. The number of nitrogens with one attached hydrogen (secondary N) is 2. The molecule has 2 heterocycles. The topological polar surface area (TPSA) is 59.0 Å². The minimum absolute atomic E-state index is 0.0662. The van der Waals surface area contributed by atoms with Crippen LogP contribution in [0.1, 0.15) is 18.4 Å². The number of carbonyl (C=O) groups is 1. The molecular weight excluding hydrogens is 264 g/mol. The largest absolute Gasteiger partial charge is 0.325 e. The molecule has 2 aromatic rings. The molecule has 1 aromatic heterocycles. The maximum atomic E-state index is 12.3. The molecule has 21 heavy (non-hydrogen) atoms. The van der Waals surface area contributed by atoms with Crippen LogP contribution in [0, 0.1) is 5.92 Å². The maximum absolute atomic E-state index is 12.3. The lowest BCUT2D eigenvalue weighted by atomic mass is 9.98. The summed E-state index contributed by atoms with van der Waals surface area (Å²) in [5.74, 6) is 0.173. The fourth-order valence-electron chi connectivity index (χ4n) is 2.66. The van der Waals surface area contributed by atoms with Crippen molar-refractivity contribution in [2.75, 3.05) is 18.4 Å². The van der Waals surface area contributed by atoms with Gasteiger partial charge in [0.15, 0.2) is 0 Å².